The Balaban J connectivity index is 1.55. The van der Waals surface area contributed by atoms with Crippen molar-refractivity contribution in [2.45, 2.75) is 19.4 Å². The molecule has 2 aromatic carbocycles. The highest BCUT2D eigenvalue weighted by molar-refractivity contribution is 5.97. The number of Topliss-reactive ketones (excluding diaryl/α,β-unsaturated/α-hetero) is 1. The molecule has 0 saturated carbocycles. The molecule has 0 radical (unpaired) electrons. The average Bonchev–Trinajstić information content (AvgIpc) is 2.65. The molecule has 1 fully saturated rings. The first-order valence-electron chi connectivity index (χ1n) is 8.87. The van der Waals surface area contributed by atoms with E-state index < -0.39 is 0 Å². The highest BCUT2D eigenvalue weighted by atomic mass is 16.1. The molecule has 1 heterocycles. The van der Waals surface area contributed by atoms with Crippen LogP contribution < -0.4 is 0 Å². The van der Waals surface area contributed by atoms with Gasteiger partial charge in [-0.05, 0) is 12.0 Å². The van der Waals surface area contributed by atoms with Gasteiger partial charge in [-0.25, -0.2) is 0 Å². The van der Waals surface area contributed by atoms with Crippen molar-refractivity contribution in [1.29, 1.82) is 0 Å². The Labute approximate surface area is 144 Å². The van der Waals surface area contributed by atoms with Crippen molar-refractivity contribution >= 4 is 5.78 Å². The summed E-state index contributed by atoms with van der Waals surface area (Å²) in [4.78, 5) is 17.2. The predicted octanol–water partition coefficient (Wildman–Crippen LogP) is 3.64. The van der Waals surface area contributed by atoms with Crippen LogP contribution in [0.3, 0.4) is 0 Å². The van der Waals surface area contributed by atoms with E-state index in [1.54, 1.807) is 0 Å². The molecule has 126 valence electrons. The van der Waals surface area contributed by atoms with Gasteiger partial charge in [0.05, 0.1) is 6.54 Å². The van der Waals surface area contributed by atoms with Crippen LogP contribution in [0.25, 0.3) is 0 Å². The minimum Gasteiger partial charge on any atom is -0.294 e. The lowest BCUT2D eigenvalue weighted by molar-refractivity contribution is 0.0758. The molecule has 2 aromatic rings. The van der Waals surface area contributed by atoms with Gasteiger partial charge in [0, 0.05) is 37.8 Å². The summed E-state index contributed by atoms with van der Waals surface area (Å²) in [6.45, 7) is 6.75. The largest absolute Gasteiger partial charge is 0.294 e. The topological polar surface area (TPSA) is 23.6 Å². The molecule has 0 spiro atoms. The van der Waals surface area contributed by atoms with E-state index in [2.05, 4.69) is 47.1 Å². The summed E-state index contributed by atoms with van der Waals surface area (Å²) in [7, 11) is 0. The summed E-state index contributed by atoms with van der Waals surface area (Å²) in [5, 5.41) is 0. The van der Waals surface area contributed by atoms with Crippen molar-refractivity contribution in [1.82, 2.24) is 9.80 Å². The molecule has 24 heavy (non-hydrogen) atoms. The minimum atomic E-state index is 0.221. The number of nitrogens with zero attached hydrogens (tertiary/aromatic N) is 2. The molecular weight excluding hydrogens is 296 g/mol. The number of ketones is 1. The second kappa shape index (κ2) is 8.22. The highest BCUT2D eigenvalue weighted by Crippen LogP contribution is 2.25. The molecule has 0 aromatic heterocycles. The van der Waals surface area contributed by atoms with Gasteiger partial charge in [-0.3, -0.25) is 14.6 Å². The monoisotopic (exact) mass is 322 g/mol. The molecule has 3 rings (SSSR count). The molecule has 0 aliphatic carbocycles. The smallest absolute Gasteiger partial charge is 0.176 e. The van der Waals surface area contributed by atoms with Gasteiger partial charge in [-0.1, -0.05) is 67.6 Å². The maximum Gasteiger partial charge on any atom is 0.176 e. The summed E-state index contributed by atoms with van der Waals surface area (Å²) in [5.74, 6) is 0.221. The molecule has 3 nitrogen and oxygen atoms in total. The standard InChI is InChI=1S/C21H26N2O/c1-2-20(18-9-5-3-6-10-18)23-15-13-22(14-16-23)17-21(24)19-11-7-4-8-12-19/h3-12,20H,2,13-17H2,1H3. The Bertz CT molecular complexity index is 633. The van der Waals surface area contributed by atoms with E-state index in [0.29, 0.717) is 12.6 Å². The zero-order valence-corrected chi connectivity index (χ0v) is 14.4. The van der Waals surface area contributed by atoms with E-state index in [4.69, 9.17) is 0 Å². The maximum atomic E-state index is 12.4. The van der Waals surface area contributed by atoms with Gasteiger partial charge in [0.15, 0.2) is 5.78 Å². The van der Waals surface area contributed by atoms with Gasteiger partial charge in [-0.2, -0.15) is 0 Å². The van der Waals surface area contributed by atoms with Gasteiger partial charge in [0.2, 0.25) is 0 Å². The van der Waals surface area contributed by atoms with Crippen molar-refractivity contribution in [2.24, 2.45) is 0 Å². The summed E-state index contributed by atoms with van der Waals surface area (Å²) in [6.07, 6.45) is 1.12. The van der Waals surface area contributed by atoms with E-state index >= 15 is 0 Å². The molecule has 0 amide bonds. The van der Waals surface area contributed by atoms with Crippen molar-refractivity contribution in [3.05, 3.63) is 71.8 Å². The first-order valence-corrected chi connectivity index (χ1v) is 8.87. The normalized spacial score (nSPS) is 17.5. The van der Waals surface area contributed by atoms with Gasteiger partial charge in [0.25, 0.3) is 0 Å². The van der Waals surface area contributed by atoms with Crippen LogP contribution in [0.1, 0.15) is 35.3 Å². The van der Waals surface area contributed by atoms with E-state index in [0.717, 1.165) is 38.2 Å². The second-order valence-electron chi connectivity index (χ2n) is 6.44. The number of piperazine rings is 1. The zero-order chi connectivity index (χ0) is 16.8. The lowest BCUT2D eigenvalue weighted by Crippen LogP contribution is -2.48. The number of rotatable bonds is 6. The average molecular weight is 322 g/mol. The molecule has 1 unspecified atom stereocenters. The molecule has 0 bridgehead atoms. The molecule has 1 aliphatic heterocycles. The molecular formula is C21H26N2O. The summed E-state index contributed by atoms with van der Waals surface area (Å²) in [5.41, 5.74) is 2.21. The fraction of sp³-hybridized carbons (Fsp3) is 0.381. The molecule has 1 saturated heterocycles. The minimum absolute atomic E-state index is 0.221. The van der Waals surface area contributed by atoms with Crippen LogP contribution in [0.15, 0.2) is 60.7 Å². The Kier molecular flexibility index (Phi) is 5.78. The third-order valence-corrected chi connectivity index (χ3v) is 4.88. The van der Waals surface area contributed by atoms with E-state index in [1.807, 2.05) is 30.3 Å². The summed E-state index contributed by atoms with van der Waals surface area (Å²) < 4.78 is 0. The second-order valence-corrected chi connectivity index (χ2v) is 6.44. The van der Waals surface area contributed by atoms with Crippen molar-refractivity contribution in [2.75, 3.05) is 32.7 Å². The summed E-state index contributed by atoms with van der Waals surface area (Å²) in [6, 6.07) is 20.8. The van der Waals surface area contributed by atoms with Crippen molar-refractivity contribution in [3.63, 3.8) is 0 Å². The van der Waals surface area contributed by atoms with Gasteiger partial charge >= 0.3 is 0 Å². The molecule has 1 atom stereocenters. The first-order chi connectivity index (χ1) is 11.8. The van der Waals surface area contributed by atoms with E-state index in [1.165, 1.54) is 5.56 Å². The third kappa shape index (κ3) is 4.11. The van der Waals surface area contributed by atoms with Crippen LogP contribution in [0.4, 0.5) is 0 Å². The maximum absolute atomic E-state index is 12.4. The molecule has 1 aliphatic rings. The van der Waals surface area contributed by atoms with Crippen molar-refractivity contribution in [3.8, 4) is 0 Å². The van der Waals surface area contributed by atoms with Crippen molar-refractivity contribution < 1.29 is 4.79 Å². The third-order valence-electron chi connectivity index (χ3n) is 4.88. The van der Waals surface area contributed by atoms with Crippen LogP contribution >= 0.6 is 0 Å². The van der Waals surface area contributed by atoms with E-state index in [9.17, 15) is 4.79 Å². The summed E-state index contributed by atoms with van der Waals surface area (Å²) >= 11 is 0. The predicted molar refractivity (Wildman–Crippen MR) is 98.3 cm³/mol. The highest BCUT2D eigenvalue weighted by Gasteiger charge is 2.24. The molecule has 0 N–H and O–H groups in total. The van der Waals surface area contributed by atoms with Gasteiger partial charge < -0.3 is 0 Å². The fourth-order valence-corrected chi connectivity index (χ4v) is 3.53. The number of hydrogen-bond acceptors (Lipinski definition) is 3. The lowest BCUT2D eigenvalue weighted by atomic mass is 10.0. The van der Waals surface area contributed by atoms with Crippen LogP contribution in [0.5, 0.6) is 0 Å². The number of carbonyl (C=O) groups is 1. The zero-order valence-electron chi connectivity index (χ0n) is 14.4. The van der Waals surface area contributed by atoms with Crippen LogP contribution in [-0.2, 0) is 0 Å². The quantitative estimate of drug-likeness (QED) is 0.759. The molecule has 3 heteroatoms. The lowest BCUT2D eigenvalue weighted by Gasteiger charge is -2.39. The Hall–Kier alpha value is -1.97. The fourth-order valence-electron chi connectivity index (χ4n) is 3.53. The Morgan fingerprint density at radius 2 is 1.50 bits per heavy atom. The van der Waals surface area contributed by atoms with Gasteiger partial charge in [0.1, 0.15) is 0 Å². The number of carbonyl (C=O) groups excluding carboxylic acids is 1. The Morgan fingerprint density at radius 1 is 0.917 bits per heavy atom. The first kappa shape index (κ1) is 16.9. The Morgan fingerprint density at radius 3 is 2.08 bits per heavy atom. The van der Waals surface area contributed by atoms with Gasteiger partial charge in [-0.15, -0.1) is 0 Å². The van der Waals surface area contributed by atoms with E-state index in [-0.39, 0.29) is 5.78 Å². The van der Waals surface area contributed by atoms with Crippen LogP contribution in [-0.4, -0.2) is 48.3 Å². The van der Waals surface area contributed by atoms with Crippen LogP contribution in [0, 0.1) is 0 Å². The SMILES string of the molecule is CCC(c1ccccc1)N1CCN(CC(=O)c2ccccc2)CC1. The number of hydrogen-bond donors (Lipinski definition) is 0. The van der Waals surface area contributed by atoms with Crippen LogP contribution in [0.2, 0.25) is 0 Å². The number of benzene rings is 2.